The number of halogens is 2. The lowest BCUT2D eigenvalue weighted by Gasteiger charge is -2.38. The van der Waals surface area contributed by atoms with Crippen molar-refractivity contribution in [2.24, 2.45) is 11.0 Å². The Balaban J connectivity index is 0.000000363. The number of amidine groups is 1. The summed E-state index contributed by atoms with van der Waals surface area (Å²) < 4.78 is 0. The zero-order valence-corrected chi connectivity index (χ0v) is 22.6. The molecule has 10 heteroatoms. The molecule has 8 nitrogen and oxygen atoms in total. The molecule has 4 rings (SSSR count). The second-order valence-electron chi connectivity index (χ2n) is 8.25. The summed E-state index contributed by atoms with van der Waals surface area (Å²) in [5.74, 6) is -0.142. The van der Waals surface area contributed by atoms with E-state index in [0.717, 1.165) is 17.3 Å². The molecule has 0 aliphatic carbocycles. The number of benzene rings is 2. The fourth-order valence-electron chi connectivity index (χ4n) is 3.41. The molecule has 1 atom stereocenters. The number of likely N-dealkylation sites (N-methyl/N-ethyl adjacent to an activating group) is 1. The monoisotopic (exact) mass is 545 g/mol. The van der Waals surface area contributed by atoms with Crippen molar-refractivity contribution in [2.75, 3.05) is 32.0 Å². The fraction of sp³-hybridized carbons (Fsp3) is 0.333. The molecule has 0 radical (unpaired) electrons. The topological polar surface area (TPSA) is 94.1 Å². The highest BCUT2D eigenvalue weighted by molar-refractivity contribution is 6.31. The van der Waals surface area contributed by atoms with Crippen LogP contribution in [0.15, 0.2) is 72.4 Å². The van der Waals surface area contributed by atoms with E-state index in [1.54, 1.807) is 24.3 Å². The maximum Gasteiger partial charge on any atom is 0.262 e. The van der Waals surface area contributed by atoms with Crippen LogP contribution in [0, 0.1) is 5.92 Å². The summed E-state index contributed by atoms with van der Waals surface area (Å²) in [6.07, 6.45) is 4.16. The van der Waals surface area contributed by atoms with Gasteiger partial charge in [-0.1, -0.05) is 60.5 Å². The third-order valence-electron chi connectivity index (χ3n) is 5.43. The van der Waals surface area contributed by atoms with Crippen molar-refractivity contribution in [3.8, 4) is 0 Å². The number of rotatable bonds is 5. The van der Waals surface area contributed by atoms with Gasteiger partial charge >= 0.3 is 0 Å². The molecule has 1 fully saturated rings. The van der Waals surface area contributed by atoms with Crippen molar-refractivity contribution in [1.82, 2.24) is 15.2 Å². The number of hydrogen-bond donors (Lipinski definition) is 2. The SMILES string of the molecule is C=CCC.CNC(=O)CN1N=C2CCC(C(=O)Nc3cccc(Cl)c3)CN2CC1=O.Clc1ccccc1. The number of anilines is 1. The molecule has 0 aromatic heterocycles. The number of allylic oxidation sites excluding steroid dienone is 1. The van der Waals surface area contributed by atoms with E-state index in [-0.39, 0.29) is 36.7 Å². The van der Waals surface area contributed by atoms with Gasteiger partial charge in [0.15, 0.2) is 0 Å². The molecular formula is C27H33Cl2N5O3. The molecule has 3 amide bonds. The van der Waals surface area contributed by atoms with Gasteiger partial charge in [-0.3, -0.25) is 14.4 Å². The fourth-order valence-corrected chi connectivity index (χ4v) is 3.75. The van der Waals surface area contributed by atoms with Gasteiger partial charge < -0.3 is 15.5 Å². The summed E-state index contributed by atoms with van der Waals surface area (Å²) >= 11 is 11.5. The minimum atomic E-state index is -0.272. The Labute approximate surface area is 228 Å². The summed E-state index contributed by atoms with van der Waals surface area (Å²) in [6, 6.07) is 16.4. The van der Waals surface area contributed by atoms with Gasteiger partial charge in [0.05, 0.1) is 5.92 Å². The lowest BCUT2D eigenvalue weighted by molar-refractivity contribution is -0.138. The number of piperidine rings is 1. The van der Waals surface area contributed by atoms with Gasteiger partial charge in [0, 0.05) is 35.7 Å². The van der Waals surface area contributed by atoms with Crippen LogP contribution in [0.1, 0.15) is 26.2 Å². The lowest BCUT2D eigenvalue weighted by atomic mass is 9.95. The van der Waals surface area contributed by atoms with E-state index < -0.39 is 0 Å². The Morgan fingerprint density at radius 1 is 1.14 bits per heavy atom. The quantitative estimate of drug-likeness (QED) is 0.527. The molecule has 2 heterocycles. The van der Waals surface area contributed by atoms with E-state index in [1.165, 1.54) is 12.1 Å². The van der Waals surface area contributed by atoms with Crippen molar-refractivity contribution >= 4 is 52.4 Å². The average molecular weight is 546 g/mol. The van der Waals surface area contributed by atoms with Crippen LogP contribution >= 0.6 is 23.2 Å². The summed E-state index contributed by atoms with van der Waals surface area (Å²) in [6.45, 7) is 5.99. The number of carbonyl (C=O) groups excluding carboxylic acids is 3. The van der Waals surface area contributed by atoms with Gasteiger partial charge in [-0.15, -0.1) is 6.58 Å². The van der Waals surface area contributed by atoms with Gasteiger partial charge in [-0.25, -0.2) is 5.01 Å². The van der Waals surface area contributed by atoms with E-state index in [2.05, 4.69) is 29.2 Å². The molecule has 0 spiro atoms. The number of amides is 3. The van der Waals surface area contributed by atoms with Crippen molar-refractivity contribution in [3.63, 3.8) is 0 Å². The van der Waals surface area contributed by atoms with Gasteiger partial charge in [0.1, 0.15) is 18.9 Å². The van der Waals surface area contributed by atoms with Crippen molar-refractivity contribution in [3.05, 3.63) is 77.3 Å². The van der Waals surface area contributed by atoms with Crippen LogP contribution in [0.4, 0.5) is 5.69 Å². The van der Waals surface area contributed by atoms with Crippen LogP contribution in [0.25, 0.3) is 0 Å². The first-order chi connectivity index (χ1) is 17.8. The number of nitrogens with one attached hydrogen (secondary N) is 2. The van der Waals surface area contributed by atoms with Gasteiger partial charge in [-0.2, -0.15) is 5.10 Å². The summed E-state index contributed by atoms with van der Waals surface area (Å²) in [5.41, 5.74) is 0.647. The third kappa shape index (κ3) is 10.3. The largest absolute Gasteiger partial charge is 0.358 e. The van der Waals surface area contributed by atoms with Gasteiger partial charge in [-0.05, 0) is 43.2 Å². The van der Waals surface area contributed by atoms with Crippen LogP contribution in [0.3, 0.4) is 0 Å². The Morgan fingerprint density at radius 2 is 1.81 bits per heavy atom. The third-order valence-corrected chi connectivity index (χ3v) is 5.92. The van der Waals surface area contributed by atoms with Crippen molar-refractivity contribution in [1.29, 1.82) is 0 Å². The molecule has 0 bridgehead atoms. The summed E-state index contributed by atoms with van der Waals surface area (Å²) in [5, 5.41) is 12.2. The van der Waals surface area contributed by atoms with Gasteiger partial charge in [0.25, 0.3) is 5.91 Å². The number of fused-ring (bicyclic) bond motifs is 1. The normalized spacial score (nSPS) is 16.1. The predicted molar refractivity (Wildman–Crippen MR) is 150 cm³/mol. The molecule has 0 saturated carbocycles. The summed E-state index contributed by atoms with van der Waals surface area (Å²) in [4.78, 5) is 38.0. The molecule has 1 unspecified atom stereocenters. The maximum absolute atomic E-state index is 12.5. The van der Waals surface area contributed by atoms with Crippen molar-refractivity contribution in [2.45, 2.75) is 26.2 Å². The van der Waals surface area contributed by atoms with E-state index >= 15 is 0 Å². The molecule has 2 aliphatic heterocycles. The minimum absolute atomic E-state index is 0.0919. The average Bonchev–Trinajstić information content (AvgIpc) is 2.89. The summed E-state index contributed by atoms with van der Waals surface area (Å²) in [7, 11) is 1.51. The molecule has 2 aromatic rings. The number of hydrogen-bond acceptors (Lipinski definition) is 5. The van der Waals surface area contributed by atoms with Crippen LogP contribution < -0.4 is 10.6 Å². The first kappa shape index (κ1) is 29.9. The van der Waals surface area contributed by atoms with Crippen LogP contribution in [0.2, 0.25) is 10.0 Å². The highest BCUT2D eigenvalue weighted by atomic mass is 35.5. The number of hydrazone groups is 1. The molecule has 2 aromatic carbocycles. The first-order valence-electron chi connectivity index (χ1n) is 12.0. The minimum Gasteiger partial charge on any atom is -0.358 e. The Hall–Kier alpha value is -3.36. The lowest BCUT2D eigenvalue weighted by Crippen LogP contribution is -2.53. The van der Waals surface area contributed by atoms with Crippen LogP contribution in [0.5, 0.6) is 0 Å². The smallest absolute Gasteiger partial charge is 0.262 e. The van der Waals surface area contributed by atoms with Crippen LogP contribution in [-0.2, 0) is 14.4 Å². The Kier molecular flexibility index (Phi) is 12.7. The number of nitrogens with zero attached hydrogens (tertiary/aromatic N) is 3. The van der Waals surface area contributed by atoms with Crippen LogP contribution in [-0.4, -0.2) is 60.1 Å². The zero-order chi connectivity index (χ0) is 27.2. The molecule has 2 aliphatic rings. The molecule has 37 heavy (non-hydrogen) atoms. The Morgan fingerprint density at radius 3 is 2.38 bits per heavy atom. The molecule has 1 saturated heterocycles. The van der Waals surface area contributed by atoms with E-state index in [4.69, 9.17) is 23.2 Å². The zero-order valence-electron chi connectivity index (χ0n) is 21.1. The predicted octanol–water partition coefficient (Wildman–Crippen LogP) is 4.81. The molecule has 2 N–H and O–H groups in total. The highest BCUT2D eigenvalue weighted by Crippen LogP contribution is 2.24. The van der Waals surface area contributed by atoms with E-state index in [9.17, 15) is 14.4 Å². The van der Waals surface area contributed by atoms with Crippen molar-refractivity contribution < 1.29 is 14.4 Å². The van der Waals surface area contributed by atoms with E-state index in [0.29, 0.717) is 30.1 Å². The second-order valence-corrected chi connectivity index (χ2v) is 9.12. The Bertz CT molecular complexity index is 1090. The van der Waals surface area contributed by atoms with Gasteiger partial charge in [0.2, 0.25) is 11.8 Å². The highest BCUT2D eigenvalue weighted by Gasteiger charge is 2.35. The maximum atomic E-state index is 12.5. The first-order valence-corrected chi connectivity index (χ1v) is 12.7. The second kappa shape index (κ2) is 15.7. The van der Waals surface area contributed by atoms with E-state index in [1.807, 2.05) is 41.3 Å². The number of carbonyl (C=O) groups is 3. The molecule has 198 valence electrons. The molecular weight excluding hydrogens is 513 g/mol. The standard InChI is InChI=1S/C17H20ClN5O3.C6H5Cl.C4H8/c1-19-15(24)9-23-16(25)10-22-8-11(5-6-14(22)21-23)17(26)20-13-4-2-3-12(18)7-13;7-6-4-2-1-3-5-6;1-3-4-2/h2-4,7,11H,5-6,8-10H2,1H3,(H,19,24)(H,20,26);1-5H;3H,1,4H2,2H3.